The summed E-state index contributed by atoms with van der Waals surface area (Å²) in [5.74, 6) is -0.604. The van der Waals surface area contributed by atoms with Crippen LogP contribution in [-0.2, 0) is 9.47 Å². The van der Waals surface area contributed by atoms with E-state index in [4.69, 9.17) is 9.47 Å². The number of benzene rings is 2. The summed E-state index contributed by atoms with van der Waals surface area (Å²) in [7, 11) is 0. The van der Waals surface area contributed by atoms with E-state index in [-0.39, 0.29) is 11.9 Å². The number of rotatable bonds is 9. The molecule has 0 amide bonds. The third kappa shape index (κ3) is 6.24. The Bertz CT molecular complexity index is 565. The van der Waals surface area contributed by atoms with Crippen molar-refractivity contribution in [2.24, 2.45) is 0 Å². The molecule has 4 nitrogen and oxygen atoms in total. The molecule has 0 saturated heterocycles. The zero-order valence-electron chi connectivity index (χ0n) is 13.5. The van der Waals surface area contributed by atoms with Crippen molar-refractivity contribution in [3.8, 4) is 0 Å². The van der Waals surface area contributed by atoms with Crippen LogP contribution in [0.15, 0.2) is 60.7 Å². The van der Waals surface area contributed by atoms with Crippen molar-refractivity contribution in [3.05, 3.63) is 78.2 Å². The average Bonchev–Trinajstić information content (AvgIpc) is 2.65. The molecule has 24 heavy (non-hydrogen) atoms. The summed E-state index contributed by atoms with van der Waals surface area (Å²) in [5, 5.41) is 0. The van der Waals surface area contributed by atoms with Crippen molar-refractivity contribution in [1.29, 1.82) is 0 Å². The van der Waals surface area contributed by atoms with Gasteiger partial charge in [-0.05, 0) is 49.9 Å². The molecule has 0 heterocycles. The first-order chi connectivity index (χ1) is 11.8. The smallest absolute Gasteiger partial charge is 0.338 e. The highest BCUT2D eigenvalue weighted by molar-refractivity contribution is 5.89. The number of hydrogen-bond donors (Lipinski definition) is 0. The number of esters is 2. The predicted molar refractivity (Wildman–Crippen MR) is 91.6 cm³/mol. The largest absolute Gasteiger partial charge is 0.462 e. The lowest BCUT2D eigenvalue weighted by Gasteiger charge is -2.06. The van der Waals surface area contributed by atoms with Crippen LogP contribution in [-0.4, -0.2) is 25.2 Å². The van der Waals surface area contributed by atoms with Crippen LogP contribution in [0.1, 0.15) is 40.0 Å². The van der Waals surface area contributed by atoms with E-state index in [1.165, 1.54) is 0 Å². The SMILES string of the molecule is O=C(OCC[CH]CCCOC(=O)c1ccccc1)c1ccccc1. The van der Waals surface area contributed by atoms with E-state index in [9.17, 15) is 9.59 Å². The maximum atomic E-state index is 11.7. The van der Waals surface area contributed by atoms with E-state index in [1.54, 1.807) is 48.5 Å². The molecule has 2 aromatic rings. The monoisotopic (exact) mass is 325 g/mol. The summed E-state index contributed by atoms with van der Waals surface area (Å²) in [4.78, 5) is 23.4. The molecule has 0 spiro atoms. The number of carbonyl (C=O) groups excluding carboxylic acids is 2. The molecule has 0 saturated carbocycles. The van der Waals surface area contributed by atoms with Crippen LogP contribution >= 0.6 is 0 Å². The maximum absolute atomic E-state index is 11.7. The normalized spacial score (nSPS) is 10.2. The molecule has 0 fully saturated rings. The van der Waals surface area contributed by atoms with Gasteiger partial charge in [-0.3, -0.25) is 0 Å². The molecule has 0 bridgehead atoms. The van der Waals surface area contributed by atoms with E-state index >= 15 is 0 Å². The number of hydrogen-bond acceptors (Lipinski definition) is 4. The molecular formula is C20H21O4. The van der Waals surface area contributed by atoms with Crippen molar-refractivity contribution < 1.29 is 19.1 Å². The standard InChI is InChI=1S/C20H21O4/c21-19(17-11-5-3-6-12-17)23-15-9-1-2-10-16-24-20(22)18-13-7-4-8-14-18/h1,3-8,11-14H,2,9-10,15-16H2. The first kappa shape index (κ1) is 17.7. The Morgan fingerprint density at radius 3 is 1.75 bits per heavy atom. The van der Waals surface area contributed by atoms with Gasteiger partial charge in [-0.15, -0.1) is 0 Å². The Kier molecular flexibility index (Phi) is 7.54. The lowest BCUT2D eigenvalue weighted by Crippen LogP contribution is -2.07. The third-order valence-electron chi connectivity index (χ3n) is 3.36. The molecule has 0 atom stereocenters. The van der Waals surface area contributed by atoms with Crippen molar-refractivity contribution >= 4 is 11.9 Å². The minimum absolute atomic E-state index is 0.299. The average molecular weight is 325 g/mol. The van der Waals surface area contributed by atoms with Crippen LogP contribution in [0, 0.1) is 6.42 Å². The van der Waals surface area contributed by atoms with Crippen molar-refractivity contribution in [2.75, 3.05) is 13.2 Å². The van der Waals surface area contributed by atoms with Crippen molar-refractivity contribution in [2.45, 2.75) is 19.3 Å². The Labute approximate surface area is 142 Å². The topological polar surface area (TPSA) is 52.6 Å². The molecule has 0 aliphatic heterocycles. The highest BCUT2D eigenvalue weighted by Gasteiger charge is 2.06. The fourth-order valence-electron chi connectivity index (χ4n) is 2.09. The molecule has 2 rings (SSSR count). The van der Waals surface area contributed by atoms with Crippen LogP contribution in [0.4, 0.5) is 0 Å². The molecule has 0 N–H and O–H groups in total. The summed E-state index contributed by atoms with van der Waals surface area (Å²) < 4.78 is 10.4. The van der Waals surface area contributed by atoms with Crippen LogP contribution in [0.25, 0.3) is 0 Å². The number of ether oxygens (including phenoxy) is 2. The zero-order valence-corrected chi connectivity index (χ0v) is 13.5. The minimum Gasteiger partial charge on any atom is -0.462 e. The minimum atomic E-state index is -0.305. The molecule has 4 heteroatoms. The number of carbonyl (C=O) groups is 2. The van der Waals surface area contributed by atoms with Crippen molar-refractivity contribution in [3.63, 3.8) is 0 Å². The maximum Gasteiger partial charge on any atom is 0.338 e. The molecular weight excluding hydrogens is 304 g/mol. The van der Waals surface area contributed by atoms with Crippen molar-refractivity contribution in [1.82, 2.24) is 0 Å². The van der Waals surface area contributed by atoms with Gasteiger partial charge in [-0.1, -0.05) is 36.4 Å². The quantitative estimate of drug-likeness (QED) is 0.515. The van der Waals surface area contributed by atoms with Crippen LogP contribution < -0.4 is 0 Å². The Balaban J connectivity index is 1.48. The summed E-state index contributed by atoms with van der Waals surface area (Å²) in [5.41, 5.74) is 1.12. The van der Waals surface area contributed by atoms with Gasteiger partial charge in [-0.2, -0.15) is 0 Å². The van der Waals surface area contributed by atoms with Gasteiger partial charge < -0.3 is 9.47 Å². The first-order valence-electron chi connectivity index (χ1n) is 8.03. The van der Waals surface area contributed by atoms with Gasteiger partial charge in [0, 0.05) is 0 Å². The highest BCUT2D eigenvalue weighted by atomic mass is 16.5. The number of unbranched alkanes of at least 4 members (excludes halogenated alkanes) is 3. The molecule has 125 valence electrons. The highest BCUT2D eigenvalue weighted by Crippen LogP contribution is 2.05. The molecule has 0 aliphatic carbocycles. The van der Waals surface area contributed by atoms with Gasteiger partial charge in [0.05, 0.1) is 24.3 Å². The van der Waals surface area contributed by atoms with Gasteiger partial charge >= 0.3 is 11.9 Å². The van der Waals surface area contributed by atoms with Gasteiger partial charge in [-0.25, -0.2) is 9.59 Å². The van der Waals surface area contributed by atoms with E-state index in [2.05, 4.69) is 0 Å². The predicted octanol–water partition coefficient (Wildman–Crippen LogP) is 4.07. The Morgan fingerprint density at radius 1 is 0.708 bits per heavy atom. The zero-order chi connectivity index (χ0) is 17.0. The first-order valence-corrected chi connectivity index (χ1v) is 8.03. The van der Waals surface area contributed by atoms with E-state index in [1.807, 2.05) is 18.6 Å². The lowest BCUT2D eigenvalue weighted by atomic mass is 10.2. The Morgan fingerprint density at radius 2 is 1.21 bits per heavy atom. The Hall–Kier alpha value is -2.62. The second-order valence-corrected chi connectivity index (χ2v) is 5.22. The third-order valence-corrected chi connectivity index (χ3v) is 3.36. The van der Waals surface area contributed by atoms with Crippen LogP contribution in [0.3, 0.4) is 0 Å². The molecule has 0 aliphatic rings. The fraction of sp³-hybridized carbons (Fsp3) is 0.250. The van der Waals surface area contributed by atoms with Crippen LogP contribution in [0.5, 0.6) is 0 Å². The second kappa shape index (κ2) is 10.2. The van der Waals surface area contributed by atoms with Gasteiger partial charge in [0.2, 0.25) is 0 Å². The molecule has 0 unspecified atom stereocenters. The van der Waals surface area contributed by atoms with E-state index in [0.29, 0.717) is 30.8 Å². The van der Waals surface area contributed by atoms with E-state index < -0.39 is 0 Å². The summed E-state index contributed by atoms with van der Waals surface area (Å²) in [6.07, 6.45) is 4.29. The van der Waals surface area contributed by atoms with Gasteiger partial charge in [0.1, 0.15) is 0 Å². The molecule has 2 aromatic carbocycles. The summed E-state index contributed by atoms with van der Waals surface area (Å²) >= 11 is 0. The summed E-state index contributed by atoms with van der Waals surface area (Å²) in [6.45, 7) is 0.742. The van der Waals surface area contributed by atoms with Crippen LogP contribution in [0.2, 0.25) is 0 Å². The lowest BCUT2D eigenvalue weighted by molar-refractivity contribution is 0.0484. The van der Waals surface area contributed by atoms with E-state index in [0.717, 1.165) is 12.8 Å². The van der Waals surface area contributed by atoms with Gasteiger partial charge in [0.15, 0.2) is 0 Å². The second-order valence-electron chi connectivity index (χ2n) is 5.22. The summed E-state index contributed by atoms with van der Waals surface area (Å²) in [6, 6.07) is 17.9. The molecule has 0 aromatic heterocycles. The fourth-order valence-corrected chi connectivity index (χ4v) is 2.09. The molecule has 1 radical (unpaired) electrons. The van der Waals surface area contributed by atoms with Gasteiger partial charge in [0.25, 0.3) is 0 Å².